The van der Waals surface area contributed by atoms with E-state index in [1.807, 2.05) is 0 Å². The van der Waals surface area contributed by atoms with Crippen LogP contribution in [0.15, 0.2) is 24.3 Å². The number of nitrogens with zero attached hydrogens (tertiary/aromatic N) is 2. The van der Waals surface area contributed by atoms with Gasteiger partial charge in [0.15, 0.2) is 0 Å². The summed E-state index contributed by atoms with van der Waals surface area (Å²) in [4.78, 5) is 4.68. The van der Waals surface area contributed by atoms with E-state index in [1.165, 1.54) is 11.1 Å². The van der Waals surface area contributed by atoms with Gasteiger partial charge in [-0.2, -0.15) is 0 Å². The minimum absolute atomic E-state index is 0.0881. The van der Waals surface area contributed by atoms with Gasteiger partial charge in [-0.1, -0.05) is 36.8 Å². The molecule has 2 unspecified atom stereocenters. The lowest BCUT2D eigenvalue weighted by Gasteiger charge is -2.32. The highest BCUT2D eigenvalue weighted by Gasteiger charge is 2.16. The van der Waals surface area contributed by atoms with Crippen LogP contribution in [-0.4, -0.2) is 49.6 Å². The van der Waals surface area contributed by atoms with E-state index in [2.05, 4.69) is 68.9 Å². The third-order valence-corrected chi connectivity index (χ3v) is 3.60. The molecule has 0 fully saturated rings. The fourth-order valence-corrected chi connectivity index (χ4v) is 2.44. The molecule has 0 saturated carbocycles. The minimum atomic E-state index is 0.0881. The van der Waals surface area contributed by atoms with Crippen molar-refractivity contribution >= 4 is 0 Å². The summed E-state index contributed by atoms with van der Waals surface area (Å²) in [6.07, 6.45) is 0. The van der Waals surface area contributed by atoms with Gasteiger partial charge in [0.05, 0.1) is 0 Å². The van der Waals surface area contributed by atoms with Crippen LogP contribution in [0.2, 0.25) is 0 Å². The first-order valence-electron chi connectivity index (χ1n) is 7.15. The van der Waals surface area contributed by atoms with Crippen molar-refractivity contribution in [2.45, 2.75) is 32.9 Å². The van der Waals surface area contributed by atoms with E-state index in [-0.39, 0.29) is 6.04 Å². The first-order valence-corrected chi connectivity index (χ1v) is 7.15. The van der Waals surface area contributed by atoms with Crippen LogP contribution in [0.5, 0.6) is 0 Å². The van der Waals surface area contributed by atoms with Crippen molar-refractivity contribution in [3.8, 4) is 0 Å². The van der Waals surface area contributed by atoms with Crippen molar-refractivity contribution in [2.75, 3.05) is 33.7 Å². The topological polar surface area (TPSA) is 32.5 Å². The summed E-state index contributed by atoms with van der Waals surface area (Å²) in [5, 5.41) is 0. The zero-order valence-electron chi connectivity index (χ0n) is 13.1. The highest BCUT2D eigenvalue weighted by atomic mass is 15.2. The maximum atomic E-state index is 6.33. The van der Waals surface area contributed by atoms with E-state index >= 15 is 0 Å². The molecular formula is C16H29N3. The predicted octanol–water partition coefficient (Wildman–Crippen LogP) is 2.27. The van der Waals surface area contributed by atoms with Crippen molar-refractivity contribution in [3.05, 3.63) is 35.4 Å². The van der Waals surface area contributed by atoms with E-state index in [0.717, 1.165) is 19.6 Å². The molecule has 0 spiro atoms. The van der Waals surface area contributed by atoms with Crippen LogP contribution < -0.4 is 5.73 Å². The third kappa shape index (κ3) is 5.31. The van der Waals surface area contributed by atoms with Gasteiger partial charge < -0.3 is 10.6 Å². The molecular weight excluding hydrogens is 234 g/mol. The zero-order chi connectivity index (χ0) is 14.4. The van der Waals surface area contributed by atoms with E-state index < -0.39 is 0 Å². The normalized spacial score (nSPS) is 14.9. The molecule has 108 valence electrons. The Kier molecular flexibility index (Phi) is 6.49. The van der Waals surface area contributed by atoms with Gasteiger partial charge in [0, 0.05) is 25.2 Å². The predicted molar refractivity (Wildman–Crippen MR) is 83.4 cm³/mol. The number of nitrogens with two attached hydrogens (primary N) is 1. The van der Waals surface area contributed by atoms with Crippen LogP contribution in [0.25, 0.3) is 0 Å². The molecule has 1 aromatic rings. The number of hydrogen-bond acceptors (Lipinski definition) is 3. The molecule has 0 radical (unpaired) electrons. The average molecular weight is 263 g/mol. The standard InChI is InChI=1S/C16H29N3/c1-6-19(14(3)11-18(4)5)12-16(17)15-9-7-13(2)8-10-15/h7-10,14,16H,6,11-12,17H2,1-5H3. The Balaban J connectivity index is 2.62. The maximum Gasteiger partial charge on any atom is 0.0424 e. The van der Waals surface area contributed by atoms with Crippen molar-refractivity contribution in [3.63, 3.8) is 0 Å². The SMILES string of the molecule is CCN(CC(N)c1ccc(C)cc1)C(C)CN(C)C. The molecule has 2 N–H and O–H groups in total. The Hall–Kier alpha value is -0.900. The molecule has 1 aromatic carbocycles. The lowest BCUT2D eigenvalue weighted by atomic mass is 10.0. The van der Waals surface area contributed by atoms with Gasteiger partial charge in [-0.15, -0.1) is 0 Å². The van der Waals surface area contributed by atoms with Crippen LogP contribution in [0.1, 0.15) is 31.0 Å². The van der Waals surface area contributed by atoms with Crippen molar-refractivity contribution in [1.82, 2.24) is 9.80 Å². The highest BCUT2D eigenvalue weighted by molar-refractivity contribution is 5.24. The van der Waals surface area contributed by atoms with Crippen molar-refractivity contribution < 1.29 is 0 Å². The summed E-state index contributed by atoms with van der Waals surface area (Å²) in [5.41, 5.74) is 8.84. The molecule has 0 saturated heterocycles. The molecule has 3 nitrogen and oxygen atoms in total. The second kappa shape index (κ2) is 7.63. The lowest BCUT2D eigenvalue weighted by Crippen LogP contribution is -2.43. The summed E-state index contributed by atoms with van der Waals surface area (Å²) in [7, 11) is 4.23. The van der Waals surface area contributed by atoms with E-state index in [1.54, 1.807) is 0 Å². The second-order valence-electron chi connectivity index (χ2n) is 5.72. The Labute approximate surface area is 118 Å². The molecule has 2 atom stereocenters. The molecule has 3 heteroatoms. The largest absolute Gasteiger partial charge is 0.323 e. The van der Waals surface area contributed by atoms with E-state index in [9.17, 15) is 0 Å². The number of likely N-dealkylation sites (N-methyl/N-ethyl adjacent to an activating group) is 2. The summed E-state index contributed by atoms with van der Waals surface area (Å²) in [5.74, 6) is 0. The molecule has 0 bridgehead atoms. The average Bonchev–Trinajstić information content (AvgIpc) is 2.35. The van der Waals surface area contributed by atoms with Gasteiger partial charge in [-0.25, -0.2) is 0 Å². The summed E-state index contributed by atoms with van der Waals surface area (Å²) in [6, 6.07) is 9.17. The Morgan fingerprint density at radius 2 is 1.68 bits per heavy atom. The molecule has 0 aliphatic rings. The fraction of sp³-hybridized carbons (Fsp3) is 0.625. The molecule has 0 heterocycles. The summed E-state index contributed by atoms with van der Waals surface area (Å²) >= 11 is 0. The molecule has 1 rings (SSSR count). The zero-order valence-corrected chi connectivity index (χ0v) is 13.1. The molecule has 0 aromatic heterocycles. The second-order valence-corrected chi connectivity index (χ2v) is 5.72. The van der Waals surface area contributed by atoms with Crippen LogP contribution >= 0.6 is 0 Å². The monoisotopic (exact) mass is 263 g/mol. The number of rotatable bonds is 7. The van der Waals surface area contributed by atoms with Crippen LogP contribution in [-0.2, 0) is 0 Å². The van der Waals surface area contributed by atoms with Gasteiger partial charge in [0.2, 0.25) is 0 Å². The van der Waals surface area contributed by atoms with Crippen molar-refractivity contribution in [2.24, 2.45) is 5.73 Å². The van der Waals surface area contributed by atoms with Crippen LogP contribution in [0, 0.1) is 6.92 Å². The highest BCUT2D eigenvalue weighted by Crippen LogP contribution is 2.14. The summed E-state index contributed by atoms with van der Waals surface area (Å²) < 4.78 is 0. The van der Waals surface area contributed by atoms with Crippen LogP contribution in [0.3, 0.4) is 0 Å². The minimum Gasteiger partial charge on any atom is -0.323 e. The van der Waals surface area contributed by atoms with Crippen LogP contribution in [0.4, 0.5) is 0 Å². The number of hydrogen-bond donors (Lipinski definition) is 1. The quantitative estimate of drug-likeness (QED) is 0.819. The summed E-state index contributed by atoms with van der Waals surface area (Å²) in [6.45, 7) is 9.59. The van der Waals surface area contributed by atoms with Gasteiger partial charge in [0.25, 0.3) is 0 Å². The van der Waals surface area contributed by atoms with Crippen molar-refractivity contribution in [1.29, 1.82) is 0 Å². The van der Waals surface area contributed by atoms with Gasteiger partial charge in [-0.3, -0.25) is 4.90 Å². The molecule has 0 aliphatic heterocycles. The molecule has 19 heavy (non-hydrogen) atoms. The number of benzene rings is 1. The molecule has 0 amide bonds. The van der Waals surface area contributed by atoms with Gasteiger partial charge >= 0.3 is 0 Å². The first kappa shape index (κ1) is 16.2. The Bertz CT molecular complexity index is 359. The number of aryl methyl sites for hydroxylation is 1. The van der Waals surface area contributed by atoms with Gasteiger partial charge in [0.1, 0.15) is 0 Å². The Morgan fingerprint density at radius 1 is 1.11 bits per heavy atom. The smallest absolute Gasteiger partial charge is 0.0424 e. The Morgan fingerprint density at radius 3 is 2.16 bits per heavy atom. The first-order chi connectivity index (χ1) is 8.93. The van der Waals surface area contributed by atoms with E-state index in [4.69, 9.17) is 5.73 Å². The lowest BCUT2D eigenvalue weighted by molar-refractivity contribution is 0.172. The van der Waals surface area contributed by atoms with E-state index in [0.29, 0.717) is 6.04 Å². The molecule has 0 aliphatic carbocycles. The third-order valence-electron chi connectivity index (χ3n) is 3.60. The fourth-order valence-electron chi connectivity index (χ4n) is 2.44. The van der Waals surface area contributed by atoms with Gasteiger partial charge in [-0.05, 0) is 40.1 Å². The maximum absolute atomic E-state index is 6.33.